The van der Waals surface area contributed by atoms with Crippen molar-refractivity contribution >= 4 is 23.2 Å². The Morgan fingerprint density at radius 1 is 1.38 bits per heavy atom. The van der Waals surface area contributed by atoms with E-state index in [1.165, 1.54) is 0 Å². The topological polar surface area (TPSA) is 59.5 Å². The number of carbonyl (C=O) groups excluding carboxylic acids is 1. The molecular formula is C16H17ClN2O2. The fourth-order valence-corrected chi connectivity index (χ4v) is 2.54. The Labute approximate surface area is 128 Å². The molecule has 1 aromatic carbocycles. The molecule has 0 spiro atoms. The molecule has 4 nitrogen and oxygen atoms in total. The molecule has 0 saturated heterocycles. The minimum atomic E-state index is -0.0912. The molecule has 3 rings (SSSR count). The van der Waals surface area contributed by atoms with E-state index in [0.29, 0.717) is 22.8 Å². The summed E-state index contributed by atoms with van der Waals surface area (Å²) < 4.78 is 5.58. The van der Waals surface area contributed by atoms with Crippen LogP contribution in [0, 0.1) is 6.92 Å². The summed E-state index contributed by atoms with van der Waals surface area (Å²) in [6.07, 6.45) is 2.04. The van der Waals surface area contributed by atoms with Crippen molar-refractivity contribution in [3.8, 4) is 0 Å². The van der Waals surface area contributed by atoms with Crippen molar-refractivity contribution in [1.29, 1.82) is 0 Å². The average molecular weight is 305 g/mol. The highest BCUT2D eigenvalue weighted by molar-refractivity contribution is 6.33. The van der Waals surface area contributed by atoms with Gasteiger partial charge in [0.25, 0.3) is 5.91 Å². The average Bonchev–Trinajstić information content (AvgIpc) is 3.22. The Balaban J connectivity index is 1.87. The van der Waals surface area contributed by atoms with Crippen molar-refractivity contribution in [3.63, 3.8) is 0 Å². The molecule has 0 aliphatic heterocycles. The summed E-state index contributed by atoms with van der Waals surface area (Å²) in [6, 6.07) is 9.21. The lowest BCUT2D eigenvalue weighted by Crippen LogP contribution is -2.33. The van der Waals surface area contributed by atoms with E-state index < -0.39 is 0 Å². The van der Waals surface area contributed by atoms with E-state index in [-0.39, 0.29) is 11.9 Å². The van der Waals surface area contributed by atoms with Crippen molar-refractivity contribution in [3.05, 3.63) is 52.4 Å². The number of benzene rings is 1. The molecule has 1 heterocycles. The van der Waals surface area contributed by atoms with Gasteiger partial charge in [-0.2, -0.15) is 0 Å². The molecule has 0 atom stereocenters. The van der Waals surface area contributed by atoms with Gasteiger partial charge in [-0.05, 0) is 44.0 Å². The third-order valence-corrected chi connectivity index (χ3v) is 3.98. The highest BCUT2D eigenvalue weighted by Gasteiger charge is 2.34. The minimum absolute atomic E-state index is 0.0912. The maximum atomic E-state index is 12.8. The number of aryl methyl sites for hydroxylation is 1. The van der Waals surface area contributed by atoms with Gasteiger partial charge in [0.2, 0.25) is 0 Å². The molecule has 1 amide bonds. The first kappa shape index (κ1) is 14.0. The molecule has 0 bridgehead atoms. The summed E-state index contributed by atoms with van der Waals surface area (Å²) in [5, 5.41) is 0.408. The molecule has 1 fully saturated rings. The van der Waals surface area contributed by atoms with Gasteiger partial charge in [-0.3, -0.25) is 4.79 Å². The summed E-state index contributed by atoms with van der Waals surface area (Å²) in [7, 11) is 0. The van der Waals surface area contributed by atoms with Crippen LogP contribution in [-0.2, 0) is 6.54 Å². The van der Waals surface area contributed by atoms with Crippen molar-refractivity contribution in [2.24, 2.45) is 0 Å². The molecule has 2 aromatic rings. The first-order valence-corrected chi connectivity index (χ1v) is 7.34. The van der Waals surface area contributed by atoms with Gasteiger partial charge < -0.3 is 15.1 Å². The van der Waals surface area contributed by atoms with E-state index in [1.807, 2.05) is 24.0 Å². The molecule has 0 unspecified atom stereocenters. The molecule has 110 valence electrons. The summed E-state index contributed by atoms with van der Waals surface area (Å²) >= 11 is 6.01. The van der Waals surface area contributed by atoms with E-state index in [1.54, 1.807) is 18.2 Å². The lowest BCUT2D eigenvalue weighted by atomic mass is 10.1. The SMILES string of the molecule is Cc1ccc(CN(C(=O)c2cccc(Cl)c2N)C2CC2)o1. The zero-order valence-electron chi connectivity index (χ0n) is 11.8. The molecule has 1 aliphatic carbocycles. The quantitative estimate of drug-likeness (QED) is 0.877. The van der Waals surface area contributed by atoms with Crippen LogP contribution < -0.4 is 5.73 Å². The summed E-state index contributed by atoms with van der Waals surface area (Å²) in [5.74, 6) is 1.54. The summed E-state index contributed by atoms with van der Waals surface area (Å²) in [5.41, 5.74) is 6.73. The second-order valence-electron chi connectivity index (χ2n) is 5.38. The fraction of sp³-hybridized carbons (Fsp3) is 0.312. The number of para-hydroxylation sites is 1. The van der Waals surface area contributed by atoms with Crippen LogP contribution in [-0.4, -0.2) is 16.8 Å². The predicted octanol–water partition coefficient (Wildman–Crippen LogP) is 3.63. The minimum Gasteiger partial charge on any atom is -0.464 e. The maximum absolute atomic E-state index is 12.8. The number of carbonyl (C=O) groups is 1. The van der Waals surface area contributed by atoms with Gasteiger partial charge in [0.15, 0.2) is 0 Å². The Morgan fingerprint density at radius 2 is 2.14 bits per heavy atom. The second kappa shape index (κ2) is 5.45. The highest BCUT2D eigenvalue weighted by atomic mass is 35.5. The molecule has 1 aliphatic rings. The number of furan rings is 1. The molecular weight excluding hydrogens is 288 g/mol. The van der Waals surface area contributed by atoms with Gasteiger partial charge in [-0.1, -0.05) is 17.7 Å². The first-order valence-electron chi connectivity index (χ1n) is 6.96. The van der Waals surface area contributed by atoms with E-state index >= 15 is 0 Å². The Bertz CT molecular complexity index is 677. The Hall–Kier alpha value is -1.94. The fourth-order valence-electron chi connectivity index (χ4n) is 2.37. The van der Waals surface area contributed by atoms with Crippen molar-refractivity contribution in [2.45, 2.75) is 32.4 Å². The normalized spacial score (nSPS) is 14.2. The van der Waals surface area contributed by atoms with Crippen LogP contribution in [0.5, 0.6) is 0 Å². The molecule has 2 N–H and O–H groups in total. The van der Waals surface area contributed by atoms with Crippen molar-refractivity contribution in [2.75, 3.05) is 5.73 Å². The summed E-state index contributed by atoms with van der Waals surface area (Å²) in [4.78, 5) is 14.6. The number of nitrogen functional groups attached to an aromatic ring is 1. The first-order chi connectivity index (χ1) is 10.1. The van der Waals surface area contributed by atoms with Crippen molar-refractivity contribution < 1.29 is 9.21 Å². The third-order valence-electron chi connectivity index (χ3n) is 3.65. The maximum Gasteiger partial charge on any atom is 0.256 e. The number of rotatable bonds is 4. The molecule has 1 aromatic heterocycles. The van der Waals surface area contributed by atoms with Gasteiger partial charge in [-0.25, -0.2) is 0 Å². The Morgan fingerprint density at radius 3 is 2.76 bits per heavy atom. The van der Waals surface area contributed by atoms with Crippen molar-refractivity contribution in [1.82, 2.24) is 4.90 Å². The van der Waals surface area contributed by atoms with Gasteiger partial charge in [0.05, 0.1) is 22.8 Å². The van der Waals surface area contributed by atoms with E-state index in [2.05, 4.69) is 0 Å². The Kier molecular flexibility index (Phi) is 3.64. The van der Waals surface area contributed by atoms with Crippen LogP contribution >= 0.6 is 11.6 Å². The molecule has 1 saturated carbocycles. The number of nitrogens with zero attached hydrogens (tertiary/aromatic N) is 1. The van der Waals surface area contributed by atoms with Gasteiger partial charge in [-0.15, -0.1) is 0 Å². The number of hydrogen-bond donors (Lipinski definition) is 1. The number of anilines is 1. The predicted molar refractivity (Wildman–Crippen MR) is 82.2 cm³/mol. The number of halogens is 1. The van der Waals surface area contributed by atoms with Gasteiger partial charge >= 0.3 is 0 Å². The number of amides is 1. The standard InChI is InChI=1S/C16H17ClN2O2/c1-10-5-8-12(21-10)9-19(11-6-7-11)16(20)13-3-2-4-14(17)15(13)18/h2-5,8,11H,6-7,9,18H2,1H3. The molecule has 21 heavy (non-hydrogen) atoms. The number of hydrogen-bond acceptors (Lipinski definition) is 3. The second-order valence-corrected chi connectivity index (χ2v) is 5.78. The smallest absolute Gasteiger partial charge is 0.256 e. The van der Waals surface area contributed by atoms with Crippen LogP contribution in [0.1, 0.15) is 34.7 Å². The summed E-state index contributed by atoms with van der Waals surface area (Å²) in [6.45, 7) is 2.35. The monoisotopic (exact) mass is 304 g/mol. The third kappa shape index (κ3) is 2.90. The van der Waals surface area contributed by atoms with E-state index in [9.17, 15) is 4.79 Å². The molecule has 0 radical (unpaired) electrons. The van der Waals surface area contributed by atoms with Crippen LogP contribution in [0.4, 0.5) is 5.69 Å². The van der Waals surface area contributed by atoms with Gasteiger partial charge in [0, 0.05) is 6.04 Å². The van der Waals surface area contributed by atoms with Crippen LogP contribution in [0.3, 0.4) is 0 Å². The number of nitrogens with two attached hydrogens (primary N) is 1. The zero-order valence-corrected chi connectivity index (χ0v) is 12.6. The molecule has 5 heteroatoms. The zero-order chi connectivity index (χ0) is 15.0. The van der Waals surface area contributed by atoms with E-state index in [0.717, 1.165) is 24.4 Å². The van der Waals surface area contributed by atoms with Gasteiger partial charge in [0.1, 0.15) is 11.5 Å². The van der Waals surface area contributed by atoms with Crippen LogP contribution in [0.2, 0.25) is 5.02 Å². The van der Waals surface area contributed by atoms with Crippen LogP contribution in [0.25, 0.3) is 0 Å². The van der Waals surface area contributed by atoms with E-state index in [4.69, 9.17) is 21.8 Å². The largest absolute Gasteiger partial charge is 0.464 e. The highest BCUT2D eigenvalue weighted by Crippen LogP contribution is 2.32. The lowest BCUT2D eigenvalue weighted by molar-refractivity contribution is 0.0718. The lowest BCUT2D eigenvalue weighted by Gasteiger charge is -2.22. The van der Waals surface area contributed by atoms with Crippen LogP contribution in [0.15, 0.2) is 34.7 Å².